The lowest BCUT2D eigenvalue weighted by Gasteiger charge is -2.24. The van der Waals surface area contributed by atoms with Crippen LogP contribution in [0.5, 0.6) is 0 Å². The van der Waals surface area contributed by atoms with Crippen molar-refractivity contribution < 1.29 is 14.3 Å². The van der Waals surface area contributed by atoms with Crippen LogP contribution in [0.3, 0.4) is 0 Å². The van der Waals surface area contributed by atoms with E-state index < -0.39 is 5.97 Å². The van der Waals surface area contributed by atoms with E-state index in [0.717, 1.165) is 12.0 Å². The zero-order chi connectivity index (χ0) is 17.6. The molecule has 0 saturated carbocycles. The van der Waals surface area contributed by atoms with Gasteiger partial charge < -0.3 is 9.47 Å². The van der Waals surface area contributed by atoms with Crippen molar-refractivity contribution >= 4 is 5.97 Å². The highest BCUT2D eigenvalue weighted by atomic mass is 16.6. The van der Waals surface area contributed by atoms with Crippen LogP contribution >= 0.6 is 0 Å². The van der Waals surface area contributed by atoms with Gasteiger partial charge in [-0.3, -0.25) is 0 Å². The maximum atomic E-state index is 11.5. The first-order valence-electron chi connectivity index (χ1n) is 9.18. The van der Waals surface area contributed by atoms with Crippen LogP contribution in [0.4, 0.5) is 0 Å². The Labute approximate surface area is 147 Å². The lowest BCUT2D eigenvalue weighted by atomic mass is 10.1. The van der Waals surface area contributed by atoms with Gasteiger partial charge in [-0.15, -0.1) is 0 Å². The molecule has 2 unspecified atom stereocenters. The molecule has 0 aromatic heterocycles. The molecule has 1 aromatic rings. The Bertz CT molecular complexity index is 455. The zero-order valence-corrected chi connectivity index (χ0v) is 15.2. The summed E-state index contributed by atoms with van der Waals surface area (Å²) in [5, 5.41) is 0. The quantitative estimate of drug-likeness (QED) is 0.267. The van der Waals surface area contributed by atoms with Crippen LogP contribution in [0, 0.1) is 0 Å². The molecule has 0 aliphatic heterocycles. The molecule has 1 aromatic carbocycles. The summed E-state index contributed by atoms with van der Waals surface area (Å²) in [4.78, 5) is 11.5. The van der Waals surface area contributed by atoms with Gasteiger partial charge in [0, 0.05) is 12.7 Å². The van der Waals surface area contributed by atoms with Crippen molar-refractivity contribution in [3.63, 3.8) is 0 Å². The molecule has 0 amide bonds. The molecule has 0 heterocycles. The predicted molar refractivity (Wildman–Crippen MR) is 98.9 cm³/mol. The van der Waals surface area contributed by atoms with Crippen LogP contribution in [0.15, 0.2) is 43.0 Å². The van der Waals surface area contributed by atoms with E-state index in [4.69, 9.17) is 9.47 Å². The van der Waals surface area contributed by atoms with Gasteiger partial charge in [0.2, 0.25) is 0 Å². The standard InChI is InChI=1S/C21H32O3/c1-4-6-7-8-9-10-14-17-23-21(18(3)24-20(22)5-2)19-15-12-11-13-16-19/h5,11-13,15-16,18,21H,2,4,6-10,14,17H2,1,3H3. The number of rotatable bonds is 13. The smallest absolute Gasteiger partial charge is 0.330 e. The van der Waals surface area contributed by atoms with Gasteiger partial charge >= 0.3 is 5.97 Å². The van der Waals surface area contributed by atoms with Crippen molar-refractivity contribution in [1.29, 1.82) is 0 Å². The van der Waals surface area contributed by atoms with Crippen molar-refractivity contribution in [1.82, 2.24) is 0 Å². The third kappa shape index (κ3) is 8.30. The van der Waals surface area contributed by atoms with Gasteiger partial charge in [-0.05, 0) is 18.9 Å². The van der Waals surface area contributed by atoms with Gasteiger partial charge in [0.15, 0.2) is 0 Å². The van der Waals surface area contributed by atoms with Crippen LogP contribution in [0.25, 0.3) is 0 Å². The minimum absolute atomic E-state index is 0.241. The summed E-state index contributed by atoms with van der Waals surface area (Å²) in [6.45, 7) is 8.23. The molecule has 2 atom stereocenters. The molecule has 0 aliphatic rings. The Kier molecular flexibility index (Phi) is 10.9. The predicted octanol–water partition coefficient (Wildman–Crippen LogP) is 5.61. The molecule has 0 fully saturated rings. The maximum Gasteiger partial charge on any atom is 0.330 e. The highest BCUT2D eigenvalue weighted by molar-refractivity contribution is 5.81. The van der Waals surface area contributed by atoms with Crippen LogP contribution in [0.2, 0.25) is 0 Å². The number of hydrogen-bond acceptors (Lipinski definition) is 3. The summed E-state index contributed by atoms with van der Waals surface area (Å²) in [6.07, 6.45) is 9.35. The molecule has 0 aliphatic carbocycles. The fourth-order valence-electron chi connectivity index (χ4n) is 2.71. The molecule has 0 radical (unpaired) electrons. The summed E-state index contributed by atoms with van der Waals surface area (Å²) in [6, 6.07) is 9.93. The molecule has 0 saturated heterocycles. The summed E-state index contributed by atoms with van der Waals surface area (Å²) in [7, 11) is 0. The lowest BCUT2D eigenvalue weighted by Crippen LogP contribution is -2.24. The molecule has 134 valence electrons. The number of unbranched alkanes of at least 4 members (excludes halogenated alkanes) is 6. The van der Waals surface area contributed by atoms with E-state index in [-0.39, 0.29) is 12.2 Å². The van der Waals surface area contributed by atoms with Crippen molar-refractivity contribution in [2.45, 2.75) is 71.0 Å². The van der Waals surface area contributed by atoms with Crippen molar-refractivity contribution in [2.75, 3.05) is 6.61 Å². The number of esters is 1. The van der Waals surface area contributed by atoms with E-state index in [1.165, 1.54) is 44.6 Å². The van der Waals surface area contributed by atoms with Crippen LogP contribution in [-0.2, 0) is 14.3 Å². The average Bonchev–Trinajstić information content (AvgIpc) is 2.61. The number of ether oxygens (including phenoxy) is 2. The molecule has 0 bridgehead atoms. The number of benzene rings is 1. The Morgan fingerprint density at radius 1 is 1.08 bits per heavy atom. The normalized spacial score (nSPS) is 13.2. The van der Waals surface area contributed by atoms with E-state index in [0.29, 0.717) is 6.61 Å². The first-order chi connectivity index (χ1) is 11.7. The molecule has 0 spiro atoms. The zero-order valence-electron chi connectivity index (χ0n) is 15.2. The fraction of sp³-hybridized carbons (Fsp3) is 0.571. The highest BCUT2D eigenvalue weighted by Crippen LogP contribution is 2.24. The number of carbonyl (C=O) groups is 1. The Balaban J connectivity index is 2.42. The van der Waals surface area contributed by atoms with E-state index in [1.54, 1.807) is 0 Å². The van der Waals surface area contributed by atoms with E-state index >= 15 is 0 Å². The fourth-order valence-corrected chi connectivity index (χ4v) is 2.71. The molecule has 3 nitrogen and oxygen atoms in total. The lowest BCUT2D eigenvalue weighted by molar-refractivity contribution is -0.150. The first kappa shape index (κ1) is 20.4. The second-order valence-electron chi connectivity index (χ2n) is 6.17. The Hall–Kier alpha value is -1.61. The third-order valence-electron chi connectivity index (χ3n) is 4.07. The SMILES string of the molecule is C=CC(=O)OC(C)C(OCCCCCCCCC)c1ccccc1. The summed E-state index contributed by atoms with van der Waals surface area (Å²) >= 11 is 0. The van der Waals surface area contributed by atoms with Gasteiger partial charge in [0.05, 0.1) is 0 Å². The molecule has 3 heteroatoms. The van der Waals surface area contributed by atoms with Gasteiger partial charge in [-0.1, -0.05) is 82.4 Å². The third-order valence-corrected chi connectivity index (χ3v) is 4.07. The second-order valence-corrected chi connectivity index (χ2v) is 6.17. The van der Waals surface area contributed by atoms with E-state index in [9.17, 15) is 4.79 Å². The minimum atomic E-state index is -0.414. The summed E-state index contributed by atoms with van der Waals surface area (Å²) in [5.74, 6) is -0.414. The van der Waals surface area contributed by atoms with Crippen molar-refractivity contribution in [3.8, 4) is 0 Å². The van der Waals surface area contributed by atoms with E-state index in [2.05, 4.69) is 13.5 Å². The van der Waals surface area contributed by atoms with Crippen molar-refractivity contribution in [3.05, 3.63) is 48.6 Å². The van der Waals surface area contributed by atoms with Crippen LogP contribution in [0.1, 0.15) is 70.5 Å². The van der Waals surface area contributed by atoms with E-state index in [1.807, 2.05) is 37.3 Å². The Morgan fingerprint density at radius 2 is 1.71 bits per heavy atom. The largest absolute Gasteiger partial charge is 0.456 e. The molecule has 0 N–H and O–H groups in total. The molecule has 24 heavy (non-hydrogen) atoms. The topological polar surface area (TPSA) is 35.5 Å². The van der Waals surface area contributed by atoms with Crippen molar-refractivity contribution in [2.24, 2.45) is 0 Å². The number of carbonyl (C=O) groups excluding carboxylic acids is 1. The molecular formula is C21H32O3. The molecule has 1 rings (SSSR count). The Morgan fingerprint density at radius 3 is 2.33 bits per heavy atom. The summed E-state index contributed by atoms with van der Waals surface area (Å²) < 4.78 is 11.4. The summed E-state index contributed by atoms with van der Waals surface area (Å²) in [5.41, 5.74) is 1.03. The average molecular weight is 332 g/mol. The highest BCUT2D eigenvalue weighted by Gasteiger charge is 2.22. The monoisotopic (exact) mass is 332 g/mol. The van der Waals surface area contributed by atoms with Gasteiger partial charge in [0.1, 0.15) is 12.2 Å². The first-order valence-corrected chi connectivity index (χ1v) is 9.18. The van der Waals surface area contributed by atoms with Gasteiger partial charge in [-0.2, -0.15) is 0 Å². The van der Waals surface area contributed by atoms with Gasteiger partial charge in [-0.25, -0.2) is 4.79 Å². The minimum Gasteiger partial charge on any atom is -0.456 e. The molecular weight excluding hydrogens is 300 g/mol. The van der Waals surface area contributed by atoms with Crippen LogP contribution in [-0.4, -0.2) is 18.7 Å². The van der Waals surface area contributed by atoms with Crippen LogP contribution < -0.4 is 0 Å². The maximum absolute atomic E-state index is 11.5. The van der Waals surface area contributed by atoms with Gasteiger partial charge in [0.25, 0.3) is 0 Å². The second kappa shape index (κ2) is 12.8. The number of hydrogen-bond donors (Lipinski definition) is 0.